The first-order valence-corrected chi connectivity index (χ1v) is 18.1. The molecule has 47 heavy (non-hydrogen) atoms. The molecular formula is C37H62O10. The van der Waals surface area contributed by atoms with Crippen LogP contribution in [0.1, 0.15) is 100 Å². The maximum Gasteiger partial charge on any atom is 0.198 e. The number of fused-ring (bicyclic) bond motifs is 7. The van der Waals surface area contributed by atoms with Crippen molar-refractivity contribution >= 4 is 0 Å². The van der Waals surface area contributed by atoms with E-state index in [9.17, 15) is 35.7 Å². The van der Waals surface area contributed by atoms with Crippen LogP contribution in [0, 0.1) is 51.2 Å². The molecule has 0 bridgehead atoms. The molecule has 0 spiro atoms. The highest BCUT2D eigenvalue weighted by atomic mass is 16.7. The van der Waals surface area contributed by atoms with Gasteiger partial charge in [0, 0.05) is 5.41 Å². The molecule has 0 aromatic carbocycles. The number of aliphatic hydroxyl groups excluding tert-OH is 5. The zero-order chi connectivity index (χ0) is 34.9. The molecule has 7 N–H and O–H groups in total. The first-order valence-electron chi connectivity index (χ1n) is 18.1. The molecule has 10 heteroatoms. The SMILES string of the molecule is C=C(C[C@H]1O[C@]2(O)[C@@H]([C@H]3CC[C@@H]4[C@@]5(C)CC[C@H](O[C@@H]6O[C@H](CO)[C@@H](O)[C@H](O)[C@H]6O)C(C)(C)[C@@H]5CC[C@@]4(C)[C@]3(C)[C@H]2O)[C@@]1(C)O)C(C)C. The van der Waals surface area contributed by atoms with E-state index in [4.69, 9.17) is 14.2 Å². The average molecular weight is 667 g/mol. The molecule has 4 aliphatic carbocycles. The topological polar surface area (TPSA) is 169 Å². The number of hydrogen-bond donors (Lipinski definition) is 7. The fourth-order valence-corrected chi connectivity index (χ4v) is 12.6. The van der Waals surface area contributed by atoms with Gasteiger partial charge in [0.05, 0.1) is 30.3 Å². The van der Waals surface area contributed by atoms with E-state index >= 15 is 0 Å². The zero-order valence-electron chi connectivity index (χ0n) is 29.7. The Morgan fingerprint density at radius 1 is 0.872 bits per heavy atom. The minimum absolute atomic E-state index is 0.110. The minimum atomic E-state index is -1.85. The van der Waals surface area contributed by atoms with Crippen molar-refractivity contribution in [3.63, 3.8) is 0 Å². The van der Waals surface area contributed by atoms with E-state index in [0.29, 0.717) is 12.8 Å². The van der Waals surface area contributed by atoms with Crippen LogP contribution in [0.15, 0.2) is 12.2 Å². The Balaban J connectivity index is 1.26. The lowest BCUT2D eigenvalue weighted by atomic mass is 9.35. The summed E-state index contributed by atoms with van der Waals surface area (Å²) in [5.41, 5.74) is -1.86. The van der Waals surface area contributed by atoms with Gasteiger partial charge in [-0.2, -0.15) is 0 Å². The molecule has 0 radical (unpaired) electrons. The Kier molecular flexibility index (Phi) is 8.78. The number of aliphatic hydroxyl groups is 7. The third kappa shape index (κ3) is 4.72. The predicted octanol–water partition coefficient (Wildman–Crippen LogP) is 2.88. The normalized spacial score (nSPS) is 56.9. The Morgan fingerprint density at radius 3 is 2.15 bits per heavy atom. The highest BCUT2D eigenvalue weighted by Gasteiger charge is 2.81. The molecule has 17 atom stereocenters. The largest absolute Gasteiger partial charge is 0.394 e. The molecule has 0 aromatic rings. The molecule has 6 aliphatic rings. The molecule has 6 rings (SSSR count). The summed E-state index contributed by atoms with van der Waals surface area (Å²) in [6.45, 7) is 20.8. The maximum atomic E-state index is 12.3. The molecule has 6 fully saturated rings. The summed E-state index contributed by atoms with van der Waals surface area (Å²) >= 11 is 0. The number of hydrogen-bond acceptors (Lipinski definition) is 10. The summed E-state index contributed by atoms with van der Waals surface area (Å²) in [5.74, 6) is -1.91. The van der Waals surface area contributed by atoms with E-state index in [-0.39, 0.29) is 46.0 Å². The highest BCUT2D eigenvalue weighted by Crippen LogP contribution is 2.78. The van der Waals surface area contributed by atoms with Crippen molar-refractivity contribution in [1.82, 2.24) is 0 Å². The molecule has 2 heterocycles. The van der Waals surface area contributed by atoms with E-state index in [2.05, 4.69) is 55.0 Å². The zero-order valence-corrected chi connectivity index (χ0v) is 29.7. The van der Waals surface area contributed by atoms with Gasteiger partial charge in [-0.05, 0) is 91.8 Å². The van der Waals surface area contributed by atoms with Gasteiger partial charge in [0.15, 0.2) is 12.1 Å². The minimum Gasteiger partial charge on any atom is -0.394 e. The third-order valence-electron chi connectivity index (χ3n) is 15.6. The first kappa shape index (κ1) is 36.1. The molecule has 270 valence electrons. The van der Waals surface area contributed by atoms with E-state index in [1.807, 2.05) is 0 Å². The second-order valence-electron chi connectivity index (χ2n) is 18.2. The monoisotopic (exact) mass is 666 g/mol. The fourth-order valence-electron chi connectivity index (χ4n) is 12.6. The van der Waals surface area contributed by atoms with Crippen molar-refractivity contribution in [2.45, 2.75) is 161 Å². The van der Waals surface area contributed by atoms with Crippen LogP contribution in [0.3, 0.4) is 0 Å². The summed E-state index contributed by atoms with van der Waals surface area (Å²) in [4.78, 5) is 0. The van der Waals surface area contributed by atoms with Crippen molar-refractivity contribution in [1.29, 1.82) is 0 Å². The summed E-state index contributed by atoms with van der Waals surface area (Å²) in [6, 6.07) is 0. The van der Waals surface area contributed by atoms with Gasteiger partial charge in [0.1, 0.15) is 30.5 Å². The molecule has 0 aromatic heterocycles. The van der Waals surface area contributed by atoms with Gasteiger partial charge in [-0.15, -0.1) is 0 Å². The average Bonchev–Trinajstić information content (AvgIpc) is 3.30. The molecule has 2 aliphatic heterocycles. The fraction of sp³-hybridized carbons (Fsp3) is 0.946. The van der Waals surface area contributed by atoms with Crippen molar-refractivity contribution in [2.75, 3.05) is 6.61 Å². The van der Waals surface area contributed by atoms with E-state index < -0.39 is 72.2 Å². The molecule has 10 nitrogen and oxygen atoms in total. The van der Waals surface area contributed by atoms with Crippen molar-refractivity contribution < 1.29 is 50.0 Å². The van der Waals surface area contributed by atoms with E-state index in [1.54, 1.807) is 6.92 Å². The quantitative estimate of drug-likeness (QED) is 0.165. The van der Waals surface area contributed by atoms with Crippen LogP contribution in [0.2, 0.25) is 0 Å². The van der Waals surface area contributed by atoms with Gasteiger partial charge < -0.3 is 50.0 Å². The Hall–Kier alpha value is -0.660. The van der Waals surface area contributed by atoms with E-state index in [0.717, 1.165) is 37.7 Å². The second kappa shape index (κ2) is 11.4. The Bertz CT molecular complexity index is 1220. The summed E-state index contributed by atoms with van der Waals surface area (Å²) < 4.78 is 18.6. The standard InChI is InChI=1S/C37H62O10/c1-18(2)19(3)16-25-36(9,43)29-20-10-11-23-33(6)14-13-24(46-30-28(41)27(40)26(39)21(17-38)45-30)32(4,5)22(33)12-15-34(23,7)35(20,8)31(42)37(29,44)47-25/h18,20-31,38-44H,3,10-17H2,1-2,4-9H3/t20-,21-,22+,23-,24+,25-,26-,27+,28-,29+,30+,31-,33+,34-,35+,36+,37-/m1/s1. The van der Waals surface area contributed by atoms with Gasteiger partial charge in [0.2, 0.25) is 0 Å². The Labute approximate surface area is 280 Å². The lowest BCUT2D eigenvalue weighted by molar-refractivity contribution is -0.332. The first-order chi connectivity index (χ1) is 21.6. The van der Waals surface area contributed by atoms with Gasteiger partial charge in [-0.25, -0.2) is 0 Å². The second-order valence-corrected chi connectivity index (χ2v) is 18.2. The van der Waals surface area contributed by atoms with Crippen LogP contribution in [-0.4, -0.2) is 103 Å². The third-order valence-corrected chi connectivity index (χ3v) is 15.6. The van der Waals surface area contributed by atoms with Gasteiger partial charge >= 0.3 is 0 Å². The molecule has 4 saturated carbocycles. The van der Waals surface area contributed by atoms with Crippen LogP contribution in [0.4, 0.5) is 0 Å². The molecule has 2 saturated heterocycles. The number of ether oxygens (including phenoxy) is 3. The van der Waals surface area contributed by atoms with Crippen LogP contribution in [0.25, 0.3) is 0 Å². The lowest BCUT2D eigenvalue weighted by Crippen LogP contribution is -2.67. The van der Waals surface area contributed by atoms with Crippen LogP contribution < -0.4 is 0 Å². The van der Waals surface area contributed by atoms with Gasteiger partial charge in [0.25, 0.3) is 0 Å². The summed E-state index contributed by atoms with van der Waals surface area (Å²) in [7, 11) is 0. The van der Waals surface area contributed by atoms with E-state index in [1.165, 1.54) is 0 Å². The lowest BCUT2D eigenvalue weighted by Gasteiger charge is -2.70. The van der Waals surface area contributed by atoms with Gasteiger partial charge in [-0.1, -0.05) is 60.6 Å². The highest BCUT2D eigenvalue weighted by molar-refractivity contribution is 5.27. The molecule has 0 unspecified atom stereocenters. The van der Waals surface area contributed by atoms with Crippen LogP contribution >= 0.6 is 0 Å². The van der Waals surface area contributed by atoms with Crippen molar-refractivity contribution in [2.24, 2.45) is 51.2 Å². The smallest absolute Gasteiger partial charge is 0.198 e. The maximum absolute atomic E-state index is 12.3. The van der Waals surface area contributed by atoms with Gasteiger partial charge in [-0.3, -0.25) is 0 Å². The summed E-state index contributed by atoms with van der Waals surface area (Å²) in [6.07, 6.45) is -3.33. The number of rotatable bonds is 6. The van der Waals surface area contributed by atoms with Crippen LogP contribution in [-0.2, 0) is 14.2 Å². The molecule has 0 amide bonds. The molecular weight excluding hydrogens is 604 g/mol. The Morgan fingerprint density at radius 2 is 1.53 bits per heavy atom. The van der Waals surface area contributed by atoms with Crippen molar-refractivity contribution in [3.05, 3.63) is 12.2 Å². The summed E-state index contributed by atoms with van der Waals surface area (Å²) in [5, 5.41) is 77.7. The predicted molar refractivity (Wildman–Crippen MR) is 173 cm³/mol. The van der Waals surface area contributed by atoms with Crippen LogP contribution in [0.5, 0.6) is 0 Å². The van der Waals surface area contributed by atoms with Crippen molar-refractivity contribution in [3.8, 4) is 0 Å².